The van der Waals surface area contributed by atoms with Crippen molar-refractivity contribution in [3.63, 3.8) is 0 Å². The Kier molecular flexibility index (Phi) is 0.887. The van der Waals surface area contributed by atoms with Crippen LogP contribution in [0.3, 0.4) is 0 Å². The highest BCUT2D eigenvalue weighted by Crippen LogP contribution is 2.07. The van der Waals surface area contributed by atoms with Crippen molar-refractivity contribution < 1.29 is 4.42 Å². The molecule has 0 saturated heterocycles. The molecular formula is C6H5N3O. The van der Waals surface area contributed by atoms with Crippen molar-refractivity contribution in [3.8, 4) is 0 Å². The Hall–Kier alpha value is -1.58. The van der Waals surface area contributed by atoms with Gasteiger partial charge in [-0.3, -0.25) is 0 Å². The number of fused-ring (bicyclic) bond motifs is 1. The van der Waals surface area contributed by atoms with E-state index in [1.54, 1.807) is 23.1 Å². The van der Waals surface area contributed by atoms with Crippen molar-refractivity contribution >= 4 is 11.8 Å². The van der Waals surface area contributed by atoms with Crippen molar-refractivity contribution in [2.24, 2.45) is 0 Å². The maximum Gasteiger partial charge on any atom is 0.249 e. The van der Waals surface area contributed by atoms with E-state index in [-0.39, 0.29) is 0 Å². The fraction of sp³-hybridized carbons (Fsp3) is 0. The maximum atomic E-state index is 5.05. The van der Waals surface area contributed by atoms with Gasteiger partial charge in [0.1, 0.15) is 12.0 Å². The predicted molar refractivity (Wildman–Crippen MR) is 35.3 cm³/mol. The van der Waals surface area contributed by atoms with Crippen LogP contribution in [0.2, 0.25) is 0 Å². The predicted octanol–water partition coefficient (Wildman–Crippen LogP) is 0.965. The molecular weight excluding hydrogens is 130 g/mol. The Morgan fingerprint density at radius 1 is 1.70 bits per heavy atom. The minimum Gasteiger partial charge on any atom is -0.443 e. The highest BCUT2D eigenvalue weighted by atomic mass is 16.3. The lowest BCUT2D eigenvalue weighted by Gasteiger charge is -1.75. The molecule has 0 unspecified atom stereocenters. The molecule has 2 heterocycles. The average molecular weight is 135 g/mol. The molecule has 50 valence electrons. The van der Waals surface area contributed by atoms with Crippen molar-refractivity contribution in [1.82, 2.24) is 14.8 Å². The van der Waals surface area contributed by atoms with E-state index in [0.717, 1.165) is 0 Å². The summed E-state index contributed by atoms with van der Waals surface area (Å²) in [5.41, 5.74) is 1.31. The van der Waals surface area contributed by atoms with E-state index in [1.165, 1.54) is 0 Å². The standard InChI is InChI=1S/C6H5N3O/c1-2-5-6-9(8-7-5)3-4-10-6/h2-4H,1H2. The Labute approximate surface area is 56.8 Å². The summed E-state index contributed by atoms with van der Waals surface area (Å²) in [5.74, 6) is 0. The van der Waals surface area contributed by atoms with E-state index < -0.39 is 0 Å². The Bertz CT molecular complexity index is 360. The molecule has 0 atom stereocenters. The third-order valence-corrected chi connectivity index (χ3v) is 1.25. The van der Waals surface area contributed by atoms with Crippen LogP contribution in [0, 0.1) is 0 Å². The zero-order valence-electron chi connectivity index (χ0n) is 5.19. The first-order chi connectivity index (χ1) is 4.92. The Morgan fingerprint density at radius 2 is 2.60 bits per heavy atom. The molecule has 4 nitrogen and oxygen atoms in total. The highest BCUT2D eigenvalue weighted by Gasteiger charge is 2.02. The Morgan fingerprint density at radius 3 is 3.40 bits per heavy atom. The van der Waals surface area contributed by atoms with Crippen LogP contribution in [-0.2, 0) is 0 Å². The van der Waals surface area contributed by atoms with Crippen LogP contribution in [0.15, 0.2) is 23.5 Å². The summed E-state index contributed by atoms with van der Waals surface area (Å²) < 4.78 is 6.60. The van der Waals surface area contributed by atoms with Gasteiger partial charge < -0.3 is 4.42 Å². The zero-order chi connectivity index (χ0) is 6.97. The van der Waals surface area contributed by atoms with Gasteiger partial charge in [-0.15, -0.1) is 5.10 Å². The lowest BCUT2D eigenvalue weighted by Crippen LogP contribution is -1.77. The number of nitrogens with zero attached hydrogens (tertiary/aromatic N) is 3. The molecule has 10 heavy (non-hydrogen) atoms. The van der Waals surface area contributed by atoms with Crippen LogP contribution in [0.1, 0.15) is 5.69 Å². The van der Waals surface area contributed by atoms with Gasteiger partial charge in [0.25, 0.3) is 0 Å². The molecule has 0 fully saturated rings. The molecule has 0 aliphatic heterocycles. The normalized spacial score (nSPS) is 10.4. The number of hydrogen-bond acceptors (Lipinski definition) is 3. The zero-order valence-corrected chi connectivity index (χ0v) is 5.19. The minimum absolute atomic E-state index is 0.634. The second-order valence-corrected chi connectivity index (χ2v) is 1.83. The summed E-state index contributed by atoms with van der Waals surface area (Å²) in [6, 6.07) is 0. The third kappa shape index (κ3) is 0.500. The number of hydrogen-bond donors (Lipinski definition) is 0. The largest absolute Gasteiger partial charge is 0.443 e. The molecule has 0 aliphatic rings. The minimum atomic E-state index is 0.634. The van der Waals surface area contributed by atoms with E-state index in [9.17, 15) is 0 Å². The molecule has 2 aromatic rings. The van der Waals surface area contributed by atoms with Gasteiger partial charge in [-0.05, 0) is 6.08 Å². The van der Waals surface area contributed by atoms with E-state index in [4.69, 9.17) is 4.42 Å². The van der Waals surface area contributed by atoms with E-state index in [1.807, 2.05) is 0 Å². The van der Waals surface area contributed by atoms with E-state index in [0.29, 0.717) is 11.4 Å². The molecule has 0 amide bonds. The van der Waals surface area contributed by atoms with E-state index in [2.05, 4.69) is 16.9 Å². The summed E-state index contributed by atoms with van der Waals surface area (Å²) in [4.78, 5) is 0. The lowest BCUT2D eigenvalue weighted by atomic mass is 10.5. The van der Waals surface area contributed by atoms with Gasteiger partial charge in [0.2, 0.25) is 5.71 Å². The third-order valence-electron chi connectivity index (χ3n) is 1.25. The van der Waals surface area contributed by atoms with Gasteiger partial charge in [0, 0.05) is 0 Å². The van der Waals surface area contributed by atoms with Crippen molar-refractivity contribution in [2.75, 3.05) is 0 Å². The molecule has 0 aliphatic carbocycles. The van der Waals surface area contributed by atoms with Crippen molar-refractivity contribution in [1.29, 1.82) is 0 Å². The second-order valence-electron chi connectivity index (χ2n) is 1.83. The van der Waals surface area contributed by atoms with Crippen molar-refractivity contribution in [3.05, 3.63) is 24.7 Å². The molecule has 0 N–H and O–H groups in total. The monoisotopic (exact) mass is 135 g/mol. The smallest absolute Gasteiger partial charge is 0.249 e. The summed E-state index contributed by atoms with van der Waals surface area (Å²) >= 11 is 0. The fourth-order valence-electron chi connectivity index (χ4n) is 0.790. The van der Waals surface area contributed by atoms with Crippen LogP contribution < -0.4 is 0 Å². The first kappa shape index (κ1) is 5.22. The van der Waals surface area contributed by atoms with Crippen molar-refractivity contribution in [2.45, 2.75) is 0 Å². The van der Waals surface area contributed by atoms with Crippen LogP contribution in [-0.4, -0.2) is 14.8 Å². The number of aromatic nitrogens is 3. The van der Waals surface area contributed by atoms with Crippen LogP contribution in [0.25, 0.3) is 11.8 Å². The molecule has 2 aromatic heterocycles. The maximum absolute atomic E-state index is 5.05. The molecule has 0 radical (unpaired) electrons. The van der Waals surface area contributed by atoms with Gasteiger partial charge in [-0.1, -0.05) is 11.8 Å². The van der Waals surface area contributed by atoms with Gasteiger partial charge in [-0.2, -0.15) is 4.52 Å². The van der Waals surface area contributed by atoms with Gasteiger partial charge in [0.05, 0.1) is 6.20 Å². The van der Waals surface area contributed by atoms with Crippen LogP contribution in [0.5, 0.6) is 0 Å². The van der Waals surface area contributed by atoms with Crippen LogP contribution >= 0.6 is 0 Å². The number of rotatable bonds is 1. The average Bonchev–Trinajstić information content (AvgIpc) is 2.44. The molecule has 0 bridgehead atoms. The molecule has 2 rings (SSSR count). The molecule has 0 saturated carbocycles. The van der Waals surface area contributed by atoms with E-state index >= 15 is 0 Å². The quantitative estimate of drug-likeness (QED) is 0.585. The topological polar surface area (TPSA) is 43.3 Å². The first-order valence-electron chi connectivity index (χ1n) is 2.83. The molecule has 0 aromatic carbocycles. The summed E-state index contributed by atoms with van der Waals surface area (Å²) in [6.45, 7) is 3.56. The molecule has 0 spiro atoms. The highest BCUT2D eigenvalue weighted by molar-refractivity contribution is 5.57. The Balaban J connectivity index is 2.88. The summed E-state index contributed by atoms with van der Waals surface area (Å²) in [7, 11) is 0. The number of oxazole rings is 1. The van der Waals surface area contributed by atoms with Gasteiger partial charge >= 0.3 is 0 Å². The van der Waals surface area contributed by atoms with Gasteiger partial charge in [-0.25, -0.2) is 0 Å². The first-order valence-corrected chi connectivity index (χ1v) is 2.83. The second kappa shape index (κ2) is 1.70. The van der Waals surface area contributed by atoms with Gasteiger partial charge in [0.15, 0.2) is 0 Å². The lowest BCUT2D eigenvalue weighted by molar-refractivity contribution is 0.605. The summed E-state index contributed by atoms with van der Waals surface area (Å²) in [5, 5.41) is 7.53. The molecule has 4 heteroatoms. The SMILES string of the molecule is C=Cc1nnn2ccoc12. The summed E-state index contributed by atoms with van der Waals surface area (Å²) in [6.07, 6.45) is 4.85. The van der Waals surface area contributed by atoms with Crippen LogP contribution in [0.4, 0.5) is 0 Å². The fourth-order valence-corrected chi connectivity index (χ4v) is 0.790.